The van der Waals surface area contributed by atoms with Gasteiger partial charge in [-0.1, -0.05) is 24.3 Å². The summed E-state index contributed by atoms with van der Waals surface area (Å²) in [5, 5.41) is 9.21. The molecule has 0 bridgehead atoms. The Labute approximate surface area is 172 Å². The maximum atomic E-state index is 12.0. The number of ether oxygens (including phenoxy) is 1. The number of esters is 1. The maximum Gasteiger partial charge on any atom is 0.321 e. The third-order valence-electron chi connectivity index (χ3n) is 3.86. The Kier molecular flexibility index (Phi) is 8.84. The van der Waals surface area contributed by atoms with E-state index < -0.39 is 24.5 Å². The Hall–Kier alpha value is -3.20. The van der Waals surface area contributed by atoms with Crippen LogP contribution in [0, 0.1) is 6.92 Å². The predicted octanol–water partition coefficient (Wildman–Crippen LogP) is 1.79. The highest BCUT2D eigenvalue weighted by atomic mass is 32.1. The van der Waals surface area contributed by atoms with Crippen LogP contribution in [0.5, 0.6) is 0 Å². The van der Waals surface area contributed by atoms with Crippen molar-refractivity contribution in [3.8, 4) is 0 Å². The summed E-state index contributed by atoms with van der Waals surface area (Å²) in [6.45, 7) is 1.72. The summed E-state index contributed by atoms with van der Waals surface area (Å²) in [5.41, 5.74) is 1.36. The van der Waals surface area contributed by atoms with Gasteiger partial charge in [0.15, 0.2) is 6.61 Å². The van der Waals surface area contributed by atoms with Crippen molar-refractivity contribution in [2.24, 2.45) is 0 Å². The number of benzene rings is 1. The molecule has 0 fully saturated rings. The Morgan fingerprint density at radius 3 is 2.52 bits per heavy atom. The first-order valence-corrected chi connectivity index (χ1v) is 9.93. The van der Waals surface area contributed by atoms with Gasteiger partial charge in [-0.3, -0.25) is 19.7 Å². The van der Waals surface area contributed by atoms with Gasteiger partial charge in [0.1, 0.15) is 0 Å². The fourth-order valence-electron chi connectivity index (χ4n) is 2.38. The largest absolute Gasteiger partial charge is 0.456 e. The van der Waals surface area contributed by atoms with Gasteiger partial charge < -0.3 is 15.4 Å². The number of amides is 4. The van der Waals surface area contributed by atoms with Gasteiger partial charge in [-0.25, -0.2) is 4.79 Å². The second-order valence-corrected chi connectivity index (χ2v) is 7.15. The quantitative estimate of drug-likeness (QED) is 0.538. The average molecular weight is 417 g/mol. The topological polar surface area (TPSA) is 114 Å². The van der Waals surface area contributed by atoms with Crippen LogP contribution in [0.1, 0.15) is 27.2 Å². The molecule has 2 aromatic rings. The van der Waals surface area contributed by atoms with Crippen molar-refractivity contribution in [3.63, 3.8) is 0 Å². The molecule has 1 aromatic heterocycles. The highest BCUT2D eigenvalue weighted by molar-refractivity contribution is 7.09. The molecule has 8 nitrogen and oxygen atoms in total. The lowest BCUT2D eigenvalue weighted by Gasteiger charge is -2.08. The smallest absolute Gasteiger partial charge is 0.321 e. The molecule has 0 aliphatic heterocycles. The van der Waals surface area contributed by atoms with Crippen molar-refractivity contribution < 1.29 is 23.9 Å². The molecule has 1 heterocycles. The summed E-state index contributed by atoms with van der Waals surface area (Å²) < 4.78 is 4.80. The van der Waals surface area contributed by atoms with Gasteiger partial charge in [0.05, 0.1) is 6.42 Å². The number of aryl methyl sites for hydroxylation is 1. The van der Waals surface area contributed by atoms with E-state index in [1.165, 1.54) is 0 Å². The minimum Gasteiger partial charge on any atom is -0.456 e. The molecule has 0 radical (unpaired) electrons. The molecule has 9 heteroatoms. The van der Waals surface area contributed by atoms with Crippen molar-refractivity contribution in [1.29, 1.82) is 0 Å². The fraction of sp³-hybridized carbons (Fsp3) is 0.300. The third-order valence-corrected chi connectivity index (χ3v) is 4.79. The van der Waals surface area contributed by atoms with Crippen molar-refractivity contribution in [2.75, 3.05) is 19.7 Å². The third kappa shape index (κ3) is 8.14. The lowest BCUT2D eigenvalue weighted by atomic mass is 10.1. The molecule has 0 saturated carbocycles. The fourth-order valence-corrected chi connectivity index (χ4v) is 3.09. The summed E-state index contributed by atoms with van der Waals surface area (Å²) >= 11 is 1.58. The Morgan fingerprint density at radius 2 is 1.79 bits per heavy atom. The number of imide groups is 1. The molecule has 1 aromatic carbocycles. The molecule has 2 rings (SSSR count). The van der Waals surface area contributed by atoms with Gasteiger partial charge in [-0.15, -0.1) is 11.3 Å². The number of hydrogen-bond donors (Lipinski definition) is 3. The molecule has 29 heavy (non-hydrogen) atoms. The van der Waals surface area contributed by atoms with Crippen LogP contribution in [0.25, 0.3) is 0 Å². The van der Waals surface area contributed by atoms with Crippen LogP contribution in [-0.2, 0) is 20.7 Å². The van der Waals surface area contributed by atoms with Gasteiger partial charge in [0.25, 0.3) is 11.8 Å². The first-order valence-electron chi connectivity index (χ1n) is 9.05. The van der Waals surface area contributed by atoms with Crippen molar-refractivity contribution in [2.45, 2.75) is 19.8 Å². The zero-order chi connectivity index (χ0) is 21.1. The van der Waals surface area contributed by atoms with Crippen LogP contribution in [0.4, 0.5) is 4.79 Å². The van der Waals surface area contributed by atoms with E-state index in [9.17, 15) is 19.2 Å². The minimum atomic E-state index is -0.726. The predicted molar refractivity (Wildman–Crippen MR) is 109 cm³/mol. The summed E-state index contributed by atoms with van der Waals surface area (Å²) in [6, 6.07) is 10.3. The normalized spacial score (nSPS) is 10.1. The second kappa shape index (κ2) is 11.6. The number of thiophene rings is 1. The van der Waals surface area contributed by atoms with Gasteiger partial charge in [-0.2, -0.15) is 0 Å². The number of nitrogens with one attached hydrogen (secondary N) is 3. The molecule has 0 aliphatic carbocycles. The average Bonchev–Trinajstić information content (AvgIpc) is 3.20. The van der Waals surface area contributed by atoms with E-state index in [0.717, 1.165) is 10.4 Å². The van der Waals surface area contributed by atoms with Crippen molar-refractivity contribution in [3.05, 3.63) is 57.8 Å². The first-order chi connectivity index (χ1) is 14.0. The van der Waals surface area contributed by atoms with Gasteiger partial charge in [0, 0.05) is 23.5 Å². The standard InChI is InChI=1S/C20H23N3O5S/c1-14-5-2-3-7-16(14)19(26)21-11-9-18(25)28-13-17(24)23-20(27)22-10-8-15-6-4-12-29-15/h2-7,12H,8-11,13H2,1H3,(H,21,26)(H2,22,23,24,27). The van der Waals surface area contributed by atoms with Crippen molar-refractivity contribution in [1.82, 2.24) is 16.0 Å². The van der Waals surface area contributed by atoms with E-state index in [4.69, 9.17) is 4.74 Å². The van der Waals surface area contributed by atoms with Crippen molar-refractivity contribution >= 4 is 35.2 Å². The maximum absolute atomic E-state index is 12.0. The van der Waals surface area contributed by atoms with Gasteiger partial charge >= 0.3 is 12.0 Å². The number of urea groups is 1. The summed E-state index contributed by atoms with van der Waals surface area (Å²) in [4.78, 5) is 48.1. The molecule has 0 atom stereocenters. The van der Waals surface area contributed by atoms with Crippen LogP contribution in [0.3, 0.4) is 0 Å². The number of hydrogen-bond acceptors (Lipinski definition) is 6. The molecule has 4 amide bonds. The molecular weight excluding hydrogens is 394 g/mol. The number of rotatable bonds is 9. The Morgan fingerprint density at radius 1 is 1.00 bits per heavy atom. The molecule has 0 spiro atoms. The van der Waals surface area contributed by atoms with E-state index >= 15 is 0 Å². The van der Waals surface area contributed by atoms with Crippen LogP contribution in [-0.4, -0.2) is 43.5 Å². The SMILES string of the molecule is Cc1ccccc1C(=O)NCCC(=O)OCC(=O)NC(=O)NCCc1cccs1. The minimum absolute atomic E-state index is 0.0802. The van der Waals surface area contributed by atoms with E-state index in [-0.39, 0.29) is 18.9 Å². The van der Waals surface area contributed by atoms with E-state index in [0.29, 0.717) is 18.5 Å². The van der Waals surface area contributed by atoms with E-state index in [1.54, 1.807) is 23.5 Å². The van der Waals surface area contributed by atoms with Gasteiger partial charge in [-0.05, 0) is 36.4 Å². The molecule has 0 unspecified atom stereocenters. The van der Waals surface area contributed by atoms with E-state index in [2.05, 4.69) is 16.0 Å². The number of carbonyl (C=O) groups excluding carboxylic acids is 4. The highest BCUT2D eigenvalue weighted by Gasteiger charge is 2.12. The second-order valence-electron chi connectivity index (χ2n) is 6.11. The number of carbonyl (C=O) groups is 4. The molecule has 0 aliphatic rings. The summed E-state index contributed by atoms with van der Waals surface area (Å²) in [5.74, 6) is -1.66. The first kappa shape index (κ1) is 22.1. The Balaban J connectivity index is 1.57. The monoisotopic (exact) mass is 417 g/mol. The molecule has 154 valence electrons. The zero-order valence-electron chi connectivity index (χ0n) is 16.0. The lowest BCUT2D eigenvalue weighted by Crippen LogP contribution is -2.42. The zero-order valence-corrected chi connectivity index (χ0v) is 16.8. The van der Waals surface area contributed by atoms with E-state index in [1.807, 2.05) is 36.6 Å². The van der Waals surface area contributed by atoms with Gasteiger partial charge in [0.2, 0.25) is 0 Å². The summed E-state index contributed by atoms with van der Waals surface area (Å²) in [6.07, 6.45) is 0.584. The molecule has 3 N–H and O–H groups in total. The highest BCUT2D eigenvalue weighted by Crippen LogP contribution is 2.08. The molecule has 0 saturated heterocycles. The Bertz CT molecular complexity index is 852. The van der Waals surface area contributed by atoms with Crippen LogP contribution in [0.15, 0.2) is 41.8 Å². The lowest BCUT2D eigenvalue weighted by molar-refractivity contribution is -0.148. The van der Waals surface area contributed by atoms with Crippen LogP contribution >= 0.6 is 11.3 Å². The summed E-state index contributed by atoms with van der Waals surface area (Å²) in [7, 11) is 0. The van der Waals surface area contributed by atoms with Crippen LogP contribution in [0.2, 0.25) is 0 Å². The van der Waals surface area contributed by atoms with Crippen LogP contribution < -0.4 is 16.0 Å². The molecular formula is C20H23N3O5S.